The lowest BCUT2D eigenvalue weighted by molar-refractivity contribution is 0.0694. The Morgan fingerprint density at radius 1 is 1.44 bits per heavy atom. The highest BCUT2D eigenvalue weighted by Crippen LogP contribution is 2.23. The van der Waals surface area contributed by atoms with Crippen LogP contribution in [0.4, 0.5) is 0 Å². The molecule has 0 saturated carbocycles. The van der Waals surface area contributed by atoms with Crippen LogP contribution in [-0.2, 0) is 11.3 Å². The smallest absolute Gasteiger partial charge is 0.157 e. The van der Waals surface area contributed by atoms with E-state index in [2.05, 4.69) is 29.1 Å². The number of hydrogen-bond donors (Lipinski definition) is 1. The van der Waals surface area contributed by atoms with Crippen molar-refractivity contribution in [2.24, 2.45) is 5.92 Å². The van der Waals surface area contributed by atoms with Crippen LogP contribution in [0.5, 0.6) is 0 Å². The molecule has 4 nitrogen and oxygen atoms in total. The van der Waals surface area contributed by atoms with E-state index in [4.69, 9.17) is 4.74 Å². The van der Waals surface area contributed by atoms with E-state index in [0.29, 0.717) is 5.92 Å². The van der Waals surface area contributed by atoms with E-state index in [1.165, 1.54) is 0 Å². The summed E-state index contributed by atoms with van der Waals surface area (Å²) in [6.07, 6.45) is 3.87. The molecule has 1 aromatic rings. The molecule has 0 bridgehead atoms. The fourth-order valence-electron chi connectivity index (χ4n) is 1.76. The summed E-state index contributed by atoms with van der Waals surface area (Å²) < 4.78 is 5.66. The Bertz CT molecular complexity index is 350. The van der Waals surface area contributed by atoms with Crippen LogP contribution >= 0.6 is 11.8 Å². The van der Waals surface area contributed by atoms with Crippen LogP contribution < -0.4 is 5.32 Å². The zero-order valence-electron chi connectivity index (χ0n) is 11.1. The molecule has 0 radical (unpaired) electrons. The quantitative estimate of drug-likeness (QED) is 0.884. The van der Waals surface area contributed by atoms with Crippen LogP contribution in [0.25, 0.3) is 0 Å². The van der Waals surface area contributed by atoms with Crippen LogP contribution in [0.3, 0.4) is 0 Å². The van der Waals surface area contributed by atoms with Crippen molar-refractivity contribution >= 4 is 11.8 Å². The molecule has 1 N–H and O–H groups in total. The Balaban J connectivity index is 1.84. The van der Waals surface area contributed by atoms with Gasteiger partial charge in [-0.05, 0) is 12.5 Å². The van der Waals surface area contributed by atoms with Gasteiger partial charge in [0.05, 0.1) is 6.61 Å². The second-order valence-electron chi connectivity index (χ2n) is 4.91. The molecule has 1 aliphatic rings. The van der Waals surface area contributed by atoms with Crippen LogP contribution in [0.1, 0.15) is 31.3 Å². The van der Waals surface area contributed by atoms with E-state index >= 15 is 0 Å². The zero-order chi connectivity index (χ0) is 12.8. The normalized spacial score (nSPS) is 20.3. The minimum absolute atomic E-state index is 0.0708. The number of aromatic nitrogens is 2. The zero-order valence-corrected chi connectivity index (χ0v) is 11.9. The Morgan fingerprint density at radius 2 is 2.22 bits per heavy atom. The number of ether oxygens (including phenoxy) is 1. The molecule has 5 heteroatoms. The van der Waals surface area contributed by atoms with Crippen molar-refractivity contribution in [3.8, 4) is 0 Å². The van der Waals surface area contributed by atoms with Gasteiger partial charge < -0.3 is 10.1 Å². The molecule has 0 aromatic carbocycles. The standard InChI is InChI=1S/C13H21N3OS/c1-10(2)5-14-6-11-7-15-13(16-8-11)12-9-18-4-3-17-12/h7-8,10,12,14H,3-6,9H2,1-2H3. The lowest BCUT2D eigenvalue weighted by Crippen LogP contribution is -2.20. The van der Waals surface area contributed by atoms with Gasteiger partial charge in [0.1, 0.15) is 6.10 Å². The van der Waals surface area contributed by atoms with Gasteiger partial charge in [0, 0.05) is 36.0 Å². The molecule has 1 aliphatic heterocycles. The van der Waals surface area contributed by atoms with Gasteiger partial charge >= 0.3 is 0 Å². The molecule has 18 heavy (non-hydrogen) atoms. The van der Waals surface area contributed by atoms with Crippen LogP contribution in [0.2, 0.25) is 0 Å². The van der Waals surface area contributed by atoms with E-state index in [1.807, 2.05) is 24.2 Å². The van der Waals surface area contributed by atoms with Gasteiger partial charge in [0.2, 0.25) is 0 Å². The van der Waals surface area contributed by atoms with Crippen molar-refractivity contribution in [2.45, 2.75) is 26.5 Å². The number of hydrogen-bond acceptors (Lipinski definition) is 5. The summed E-state index contributed by atoms with van der Waals surface area (Å²) in [5.41, 5.74) is 1.13. The van der Waals surface area contributed by atoms with Crippen LogP contribution in [-0.4, -0.2) is 34.6 Å². The van der Waals surface area contributed by atoms with Crippen molar-refractivity contribution in [3.05, 3.63) is 23.8 Å². The maximum absolute atomic E-state index is 5.66. The molecule has 0 aliphatic carbocycles. The van der Waals surface area contributed by atoms with Crippen LogP contribution in [0.15, 0.2) is 12.4 Å². The van der Waals surface area contributed by atoms with Gasteiger partial charge in [-0.1, -0.05) is 13.8 Å². The molecule has 1 aromatic heterocycles. The fourth-order valence-corrected chi connectivity index (χ4v) is 2.60. The van der Waals surface area contributed by atoms with E-state index in [-0.39, 0.29) is 6.10 Å². The van der Waals surface area contributed by atoms with Crippen LogP contribution in [0, 0.1) is 5.92 Å². The number of nitrogens with one attached hydrogen (secondary N) is 1. The third kappa shape index (κ3) is 4.23. The molecular weight excluding hydrogens is 246 g/mol. The molecule has 2 rings (SSSR count). The van der Waals surface area contributed by atoms with Crippen molar-refractivity contribution < 1.29 is 4.74 Å². The molecule has 0 amide bonds. The first-order valence-electron chi connectivity index (χ1n) is 6.46. The molecule has 0 spiro atoms. The molecular formula is C13H21N3OS. The topological polar surface area (TPSA) is 47.0 Å². The lowest BCUT2D eigenvalue weighted by atomic mass is 10.2. The van der Waals surface area contributed by atoms with E-state index in [0.717, 1.165) is 42.6 Å². The minimum atomic E-state index is 0.0708. The Kier molecular flexibility index (Phi) is 5.41. The van der Waals surface area contributed by atoms with Crippen molar-refractivity contribution in [2.75, 3.05) is 24.7 Å². The average molecular weight is 267 g/mol. The summed E-state index contributed by atoms with van der Waals surface area (Å²) in [6, 6.07) is 0. The highest BCUT2D eigenvalue weighted by molar-refractivity contribution is 7.99. The summed E-state index contributed by atoms with van der Waals surface area (Å²) in [6.45, 7) is 7.05. The maximum atomic E-state index is 5.66. The molecule has 1 fully saturated rings. The van der Waals surface area contributed by atoms with Gasteiger partial charge in [-0.25, -0.2) is 9.97 Å². The largest absolute Gasteiger partial charge is 0.368 e. The first kappa shape index (κ1) is 13.8. The second kappa shape index (κ2) is 7.07. The number of rotatable bonds is 5. The fraction of sp³-hybridized carbons (Fsp3) is 0.692. The monoisotopic (exact) mass is 267 g/mol. The van der Waals surface area contributed by atoms with E-state index in [9.17, 15) is 0 Å². The van der Waals surface area contributed by atoms with Gasteiger partial charge in [0.25, 0.3) is 0 Å². The predicted molar refractivity (Wildman–Crippen MR) is 74.6 cm³/mol. The summed E-state index contributed by atoms with van der Waals surface area (Å²) in [4.78, 5) is 8.82. The third-order valence-corrected chi connectivity index (χ3v) is 3.70. The lowest BCUT2D eigenvalue weighted by Gasteiger charge is -2.20. The maximum Gasteiger partial charge on any atom is 0.157 e. The highest BCUT2D eigenvalue weighted by atomic mass is 32.2. The van der Waals surface area contributed by atoms with E-state index < -0.39 is 0 Å². The highest BCUT2D eigenvalue weighted by Gasteiger charge is 2.18. The first-order valence-corrected chi connectivity index (χ1v) is 7.62. The summed E-state index contributed by atoms with van der Waals surface area (Å²) in [5.74, 6) is 3.52. The summed E-state index contributed by atoms with van der Waals surface area (Å²) >= 11 is 1.90. The predicted octanol–water partition coefficient (Wildman–Crippen LogP) is 2.03. The number of nitrogens with zero attached hydrogens (tertiary/aromatic N) is 2. The van der Waals surface area contributed by atoms with Gasteiger partial charge in [-0.15, -0.1) is 0 Å². The Hall–Kier alpha value is -0.650. The van der Waals surface area contributed by atoms with E-state index in [1.54, 1.807) is 0 Å². The van der Waals surface area contributed by atoms with Crippen molar-refractivity contribution in [3.63, 3.8) is 0 Å². The van der Waals surface area contributed by atoms with Crippen molar-refractivity contribution in [1.29, 1.82) is 0 Å². The third-order valence-electron chi connectivity index (χ3n) is 2.71. The van der Waals surface area contributed by atoms with Gasteiger partial charge in [0.15, 0.2) is 5.82 Å². The van der Waals surface area contributed by atoms with Gasteiger partial charge in [-0.3, -0.25) is 0 Å². The number of thioether (sulfide) groups is 1. The molecule has 100 valence electrons. The minimum Gasteiger partial charge on any atom is -0.368 e. The van der Waals surface area contributed by atoms with Gasteiger partial charge in [-0.2, -0.15) is 11.8 Å². The Labute approximate surface area is 113 Å². The second-order valence-corrected chi connectivity index (χ2v) is 6.06. The summed E-state index contributed by atoms with van der Waals surface area (Å²) in [7, 11) is 0. The molecule has 1 atom stereocenters. The first-order chi connectivity index (χ1) is 8.75. The SMILES string of the molecule is CC(C)CNCc1cnc(C2CSCCO2)nc1. The molecule has 2 heterocycles. The Morgan fingerprint density at radius 3 is 2.83 bits per heavy atom. The molecule has 1 saturated heterocycles. The summed E-state index contributed by atoms with van der Waals surface area (Å²) in [5, 5.41) is 3.38. The van der Waals surface area contributed by atoms with Crippen molar-refractivity contribution in [1.82, 2.24) is 15.3 Å². The molecule has 1 unspecified atom stereocenters. The average Bonchev–Trinajstić information content (AvgIpc) is 2.40.